The third-order valence-electron chi connectivity index (χ3n) is 2.10. The Morgan fingerprint density at radius 1 is 1.55 bits per heavy atom. The molecule has 1 aliphatic rings. The van der Waals surface area contributed by atoms with E-state index in [-0.39, 0.29) is 12.8 Å². The van der Waals surface area contributed by atoms with Crippen LogP contribution >= 0.6 is 0 Å². The highest BCUT2D eigenvalue weighted by Gasteiger charge is 2.40. The molecule has 64 valence electrons. The first-order valence-corrected chi connectivity index (χ1v) is 3.68. The number of carboxylic acid groups (broad SMARTS) is 1. The highest BCUT2D eigenvalue weighted by atomic mass is 16.4. The van der Waals surface area contributed by atoms with Crippen LogP contribution in [-0.2, 0) is 4.79 Å². The summed E-state index contributed by atoms with van der Waals surface area (Å²) in [6.45, 7) is 0. The predicted octanol–water partition coefficient (Wildman–Crippen LogP) is -0.263. The lowest BCUT2D eigenvalue weighted by Crippen LogP contribution is -2.44. The Morgan fingerprint density at radius 3 is 2.55 bits per heavy atom. The van der Waals surface area contributed by atoms with Crippen molar-refractivity contribution in [1.29, 1.82) is 0 Å². The molecule has 0 bridgehead atoms. The van der Waals surface area contributed by atoms with Crippen LogP contribution in [0.15, 0.2) is 0 Å². The van der Waals surface area contributed by atoms with Crippen LogP contribution in [0.4, 0.5) is 0 Å². The van der Waals surface area contributed by atoms with Crippen molar-refractivity contribution in [3.05, 3.63) is 0 Å². The van der Waals surface area contributed by atoms with Crippen molar-refractivity contribution in [1.82, 2.24) is 0 Å². The van der Waals surface area contributed by atoms with Crippen LogP contribution in [0, 0.1) is 0 Å². The third kappa shape index (κ3) is 1.70. The molecule has 0 aromatic heterocycles. The molecule has 11 heavy (non-hydrogen) atoms. The lowest BCUT2D eigenvalue weighted by Gasteiger charge is -2.30. The Morgan fingerprint density at radius 2 is 2.18 bits per heavy atom. The molecule has 0 amide bonds. The maximum Gasteiger partial charge on any atom is 0.335 e. The molecular weight excluding hydrogens is 148 g/mol. The van der Waals surface area contributed by atoms with Gasteiger partial charge >= 0.3 is 5.97 Å². The van der Waals surface area contributed by atoms with Gasteiger partial charge in [-0.2, -0.15) is 0 Å². The van der Waals surface area contributed by atoms with Gasteiger partial charge in [0.1, 0.15) is 0 Å². The molecule has 3 N–H and O–H groups in total. The molecule has 0 saturated heterocycles. The number of carbonyl (C=O) groups is 1. The summed E-state index contributed by atoms with van der Waals surface area (Å²) in [5.41, 5.74) is -1.68. The van der Waals surface area contributed by atoms with Crippen LogP contribution in [0.5, 0.6) is 0 Å². The summed E-state index contributed by atoms with van der Waals surface area (Å²) < 4.78 is 0. The number of aliphatic hydroxyl groups excluding tert-OH is 1. The lowest BCUT2D eigenvalue weighted by molar-refractivity contribution is -0.165. The summed E-state index contributed by atoms with van der Waals surface area (Å²) in [4.78, 5) is 10.5. The average molecular weight is 160 g/mol. The zero-order chi connectivity index (χ0) is 8.48. The van der Waals surface area contributed by atoms with E-state index in [9.17, 15) is 9.90 Å². The van der Waals surface area contributed by atoms with Crippen LogP contribution in [0.3, 0.4) is 0 Å². The number of hydrogen-bond acceptors (Lipinski definition) is 3. The van der Waals surface area contributed by atoms with Crippen molar-refractivity contribution in [2.75, 3.05) is 0 Å². The van der Waals surface area contributed by atoms with Gasteiger partial charge in [-0.05, 0) is 19.3 Å². The van der Waals surface area contributed by atoms with Gasteiger partial charge in [0.05, 0.1) is 6.10 Å². The van der Waals surface area contributed by atoms with Crippen molar-refractivity contribution < 1.29 is 20.1 Å². The molecule has 1 unspecified atom stereocenters. The fourth-order valence-electron chi connectivity index (χ4n) is 1.42. The fourth-order valence-corrected chi connectivity index (χ4v) is 1.42. The van der Waals surface area contributed by atoms with Gasteiger partial charge in [-0.1, -0.05) is 0 Å². The second-order valence-electron chi connectivity index (χ2n) is 3.09. The number of aliphatic carboxylic acids is 1. The number of aliphatic hydroxyl groups is 2. The Balaban J connectivity index is 2.63. The molecule has 0 aliphatic heterocycles. The molecule has 4 heteroatoms. The maximum absolute atomic E-state index is 10.5. The smallest absolute Gasteiger partial charge is 0.335 e. The zero-order valence-corrected chi connectivity index (χ0v) is 6.16. The van der Waals surface area contributed by atoms with Gasteiger partial charge in [0, 0.05) is 6.42 Å². The molecule has 1 saturated carbocycles. The minimum atomic E-state index is -1.68. The minimum absolute atomic E-state index is 0.0394. The molecule has 1 rings (SSSR count). The Hall–Kier alpha value is -0.610. The maximum atomic E-state index is 10.5. The van der Waals surface area contributed by atoms with E-state index in [1.54, 1.807) is 0 Å². The van der Waals surface area contributed by atoms with Gasteiger partial charge in [-0.25, -0.2) is 4.79 Å². The summed E-state index contributed by atoms with van der Waals surface area (Å²) in [5.74, 6) is -1.23. The first kappa shape index (κ1) is 8.49. The van der Waals surface area contributed by atoms with Crippen molar-refractivity contribution in [3.63, 3.8) is 0 Å². The van der Waals surface area contributed by atoms with Gasteiger partial charge < -0.3 is 15.3 Å². The van der Waals surface area contributed by atoms with E-state index in [0.29, 0.717) is 12.8 Å². The van der Waals surface area contributed by atoms with E-state index in [1.165, 1.54) is 0 Å². The van der Waals surface area contributed by atoms with E-state index >= 15 is 0 Å². The van der Waals surface area contributed by atoms with Crippen LogP contribution in [0.2, 0.25) is 0 Å². The third-order valence-corrected chi connectivity index (χ3v) is 2.10. The molecular formula is C7H12O4. The summed E-state index contributed by atoms with van der Waals surface area (Å²) in [7, 11) is 0. The minimum Gasteiger partial charge on any atom is -0.479 e. The monoisotopic (exact) mass is 160 g/mol. The highest BCUT2D eigenvalue weighted by Crippen LogP contribution is 2.28. The first-order chi connectivity index (χ1) is 5.04. The summed E-state index contributed by atoms with van der Waals surface area (Å²) in [5, 5.41) is 27.0. The van der Waals surface area contributed by atoms with Gasteiger partial charge in [0.2, 0.25) is 0 Å². The Labute approximate surface area is 64.5 Å². The van der Waals surface area contributed by atoms with Gasteiger partial charge in [0.15, 0.2) is 5.60 Å². The van der Waals surface area contributed by atoms with Crippen LogP contribution < -0.4 is 0 Å². The van der Waals surface area contributed by atoms with Crippen LogP contribution in [0.1, 0.15) is 25.7 Å². The Bertz CT molecular complexity index is 168. The van der Waals surface area contributed by atoms with E-state index in [1.807, 2.05) is 0 Å². The Kier molecular flexibility index (Phi) is 2.15. The van der Waals surface area contributed by atoms with Crippen molar-refractivity contribution in [2.45, 2.75) is 37.4 Å². The molecule has 0 heterocycles. The van der Waals surface area contributed by atoms with E-state index in [2.05, 4.69) is 0 Å². The normalized spacial score (nSPS) is 38.5. The SMILES string of the molecule is O=C(O)[C@]1(O)CCCC(O)C1. The van der Waals surface area contributed by atoms with Crippen LogP contribution in [0.25, 0.3) is 0 Å². The summed E-state index contributed by atoms with van der Waals surface area (Å²) >= 11 is 0. The largest absolute Gasteiger partial charge is 0.479 e. The van der Waals surface area contributed by atoms with E-state index in [4.69, 9.17) is 10.2 Å². The van der Waals surface area contributed by atoms with Crippen LogP contribution in [-0.4, -0.2) is 33.0 Å². The highest BCUT2D eigenvalue weighted by molar-refractivity contribution is 5.77. The second kappa shape index (κ2) is 2.79. The quantitative estimate of drug-likeness (QED) is 0.493. The average Bonchev–Trinajstić information content (AvgIpc) is 1.86. The molecule has 0 aromatic carbocycles. The van der Waals surface area contributed by atoms with E-state index in [0.717, 1.165) is 0 Å². The molecule has 4 nitrogen and oxygen atoms in total. The summed E-state index contributed by atoms with van der Waals surface area (Å²) in [6, 6.07) is 0. The topological polar surface area (TPSA) is 77.8 Å². The standard InChI is InChI=1S/C7H12O4/c8-5-2-1-3-7(11,4-5)6(9)10/h5,8,11H,1-4H2,(H,9,10)/t5?,7-/m0/s1. The predicted molar refractivity (Wildman–Crippen MR) is 37.1 cm³/mol. The molecule has 0 radical (unpaired) electrons. The van der Waals surface area contributed by atoms with E-state index < -0.39 is 17.7 Å². The summed E-state index contributed by atoms with van der Waals surface area (Å²) in [6.07, 6.45) is 0.714. The molecule has 2 atom stereocenters. The lowest BCUT2D eigenvalue weighted by atomic mass is 9.83. The fraction of sp³-hybridized carbons (Fsp3) is 0.857. The zero-order valence-electron chi connectivity index (χ0n) is 6.16. The van der Waals surface area contributed by atoms with Gasteiger partial charge in [0.25, 0.3) is 0 Å². The molecule has 1 fully saturated rings. The van der Waals surface area contributed by atoms with Gasteiger partial charge in [-0.15, -0.1) is 0 Å². The number of carboxylic acids is 1. The second-order valence-corrected chi connectivity index (χ2v) is 3.09. The van der Waals surface area contributed by atoms with Gasteiger partial charge in [-0.3, -0.25) is 0 Å². The van der Waals surface area contributed by atoms with Crippen molar-refractivity contribution in [2.24, 2.45) is 0 Å². The molecule has 0 spiro atoms. The van der Waals surface area contributed by atoms with Crippen molar-refractivity contribution in [3.8, 4) is 0 Å². The molecule has 0 aromatic rings. The first-order valence-electron chi connectivity index (χ1n) is 3.68. The number of hydrogen-bond donors (Lipinski definition) is 3. The molecule has 1 aliphatic carbocycles. The van der Waals surface area contributed by atoms with Crippen molar-refractivity contribution >= 4 is 5.97 Å². The number of rotatable bonds is 1.